The van der Waals surface area contributed by atoms with Crippen LogP contribution in [0.15, 0.2) is 48.5 Å². The van der Waals surface area contributed by atoms with Crippen LogP contribution in [0.4, 0.5) is 0 Å². The maximum Gasteiger partial charge on any atom is 0.128 e. The van der Waals surface area contributed by atoms with Gasteiger partial charge in [0.25, 0.3) is 0 Å². The number of ether oxygens (including phenoxy) is 2. The molecule has 0 amide bonds. The molecule has 0 atom stereocenters. The summed E-state index contributed by atoms with van der Waals surface area (Å²) in [5.74, 6) is 2.65. The van der Waals surface area contributed by atoms with Crippen LogP contribution in [0.2, 0.25) is 0 Å². The summed E-state index contributed by atoms with van der Waals surface area (Å²) in [7, 11) is 0. The molecule has 1 heterocycles. The molecule has 1 aliphatic heterocycles. The van der Waals surface area contributed by atoms with E-state index in [-0.39, 0.29) is 0 Å². The quantitative estimate of drug-likeness (QED) is 0.887. The summed E-state index contributed by atoms with van der Waals surface area (Å²) in [4.78, 5) is 2.45. The van der Waals surface area contributed by atoms with E-state index in [9.17, 15) is 0 Å². The van der Waals surface area contributed by atoms with Gasteiger partial charge in [-0.3, -0.25) is 4.90 Å². The molecular formula is C19H24N2O2. The van der Waals surface area contributed by atoms with Crippen molar-refractivity contribution in [2.75, 3.05) is 32.8 Å². The van der Waals surface area contributed by atoms with Gasteiger partial charge in [0, 0.05) is 38.3 Å². The Morgan fingerprint density at radius 3 is 2.52 bits per heavy atom. The van der Waals surface area contributed by atoms with Crippen LogP contribution in [0, 0.1) is 0 Å². The Morgan fingerprint density at radius 1 is 1.00 bits per heavy atom. The molecule has 2 aromatic carbocycles. The molecule has 3 rings (SSSR count). The monoisotopic (exact) mass is 312 g/mol. The summed E-state index contributed by atoms with van der Waals surface area (Å²) >= 11 is 0. The second kappa shape index (κ2) is 7.99. The van der Waals surface area contributed by atoms with Crippen molar-refractivity contribution in [3.63, 3.8) is 0 Å². The minimum absolute atomic E-state index is 0.674. The molecule has 2 aromatic rings. The maximum absolute atomic E-state index is 5.95. The van der Waals surface area contributed by atoms with Gasteiger partial charge in [0.1, 0.15) is 17.2 Å². The van der Waals surface area contributed by atoms with Gasteiger partial charge in [0.15, 0.2) is 0 Å². The first-order valence-corrected chi connectivity index (χ1v) is 8.27. The van der Waals surface area contributed by atoms with Crippen LogP contribution in [0.5, 0.6) is 17.2 Å². The highest BCUT2D eigenvalue weighted by atomic mass is 16.5. The Morgan fingerprint density at radius 2 is 1.78 bits per heavy atom. The number of hydrogen-bond donors (Lipinski definition) is 1. The molecule has 0 spiro atoms. The normalized spacial score (nSPS) is 15.3. The summed E-state index contributed by atoms with van der Waals surface area (Å²) in [6, 6.07) is 16.0. The maximum atomic E-state index is 5.95. The second-order valence-corrected chi connectivity index (χ2v) is 5.64. The van der Waals surface area contributed by atoms with Crippen LogP contribution in [0.1, 0.15) is 12.5 Å². The second-order valence-electron chi connectivity index (χ2n) is 5.64. The van der Waals surface area contributed by atoms with E-state index in [2.05, 4.69) is 16.3 Å². The fourth-order valence-corrected chi connectivity index (χ4v) is 2.77. The zero-order valence-electron chi connectivity index (χ0n) is 13.6. The minimum Gasteiger partial charge on any atom is -0.494 e. The summed E-state index contributed by atoms with van der Waals surface area (Å²) in [6.07, 6.45) is 0. The Labute approximate surface area is 138 Å². The molecule has 4 heteroatoms. The number of hydrogen-bond acceptors (Lipinski definition) is 4. The van der Waals surface area contributed by atoms with E-state index < -0.39 is 0 Å². The van der Waals surface area contributed by atoms with E-state index in [4.69, 9.17) is 9.47 Å². The number of nitrogens with zero attached hydrogens (tertiary/aromatic N) is 1. The Hall–Kier alpha value is -2.04. The molecule has 23 heavy (non-hydrogen) atoms. The van der Waals surface area contributed by atoms with Crippen molar-refractivity contribution < 1.29 is 9.47 Å². The molecule has 0 radical (unpaired) electrons. The van der Waals surface area contributed by atoms with Crippen molar-refractivity contribution in [3.05, 3.63) is 54.1 Å². The van der Waals surface area contributed by atoms with Gasteiger partial charge in [-0.25, -0.2) is 0 Å². The standard InChI is InChI=1S/C19H24N2O2/c1-2-22-19-9-8-18(23-17-6-4-3-5-7-17)14-16(19)15-21-12-10-20-11-13-21/h3-9,14,20H,2,10-13,15H2,1H3. The number of piperazine rings is 1. The third-order valence-corrected chi connectivity index (χ3v) is 3.91. The predicted molar refractivity (Wildman–Crippen MR) is 92.3 cm³/mol. The predicted octanol–water partition coefficient (Wildman–Crippen LogP) is 3.28. The van der Waals surface area contributed by atoms with Gasteiger partial charge in [-0.05, 0) is 37.3 Å². The van der Waals surface area contributed by atoms with Crippen LogP contribution in [0.25, 0.3) is 0 Å². The van der Waals surface area contributed by atoms with E-state index in [1.165, 1.54) is 5.56 Å². The molecule has 122 valence electrons. The average Bonchev–Trinajstić information content (AvgIpc) is 2.59. The topological polar surface area (TPSA) is 33.7 Å². The van der Waals surface area contributed by atoms with Gasteiger partial charge >= 0.3 is 0 Å². The van der Waals surface area contributed by atoms with Crippen LogP contribution in [-0.2, 0) is 6.54 Å². The summed E-state index contributed by atoms with van der Waals surface area (Å²) in [6.45, 7) is 7.80. The van der Waals surface area contributed by atoms with Gasteiger partial charge in [-0.15, -0.1) is 0 Å². The first kappa shape index (κ1) is 15.8. The molecule has 1 fully saturated rings. The van der Waals surface area contributed by atoms with Gasteiger partial charge in [0.2, 0.25) is 0 Å². The lowest BCUT2D eigenvalue weighted by molar-refractivity contribution is 0.228. The minimum atomic E-state index is 0.674. The Bertz CT molecular complexity index is 610. The Balaban J connectivity index is 1.77. The highest BCUT2D eigenvalue weighted by Crippen LogP contribution is 2.29. The lowest BCUT2D eigenvalue weighted by atomic mass is 10.1. The fraction of sp³-hybridized carbons (Fsp3) is 0.368. The molecule has 0 aromatic heterocycles. The average molecular weight is 312 g/mol. The molecule has 1 aliphatic rings. The van der Waals surface area contributed by atoms with Gasteiger partial charge in [-0.2, -0.15) is 0 Å². The third kappa shape index (κ3) is 4.47. The van der Waals surface area contributed by atoms with Gasteiger partial charge in [-0.1, -0.05) is 18.2 Å². The van der Waals surface area contributed by atoms with Crippen LogP contribution >= 0.6 is 0 Å². The number of nitrogens with one attached hydrogen (secondary N) is 1. The molecule has 0 bridgehead atoms. The molecule has 0 unspecified atom stereocenters. The summed E-state index contributed by atoms with van der Waals surface area (Å²) in [5.41, 5.74) is 1.18. The third-order valence-electron chi connectivity index (χ3n) is 3.91. The van der Waals surface area contributed by atoms with Crippen molar-refractivity contribution in [1.82, 2.24) is 10.2 Å². The lowest BCUT2D eigenvalue weighted by Gasteiger charge is -2.28. The van der Waals surface area contributed by atoms with E-state index in [1.54, 1.807) is 0 Å². The summed E-state index contributed by atoms with van der Waals surface area (Å²) in [5, 5.41) is 3.39. The molecule has 1 saturated heterocycles. The smallest absolute Gasteiger partial charge is 0.128 e. The van der Waals surface area contributed by atoms with Gasteiger partial charge in [0.05, 0.1) is 6.61 Å². The van der Waals surface area contributed by atoms with Crippen molar-refractivity contribution >= 4 is 0 Å². The largest absolute Gasteiger partial charge is 0.494 e. The summed E-state index contributed by atoms with van der Waals surface area (Å²) < 4.78 is 11.7. The lowest BCUT2D eigenvalue weighted by Crippen LogP contribution is -2.42. The highest BCUT2D eigenvalue weighted by Gasteiger charge is 2.14. The van der Waals surface area contributed by atoms with E-state index in [0.29, 0.717) is 6.61 Å². The number of para-hydroxylation sites is 1. The SMILES string of the molecule is CCOc1ccc(Oc2ccccc2)cc1CN1CCNCC1. The molecule has 0 aliphatic carbocycles. The van der Waals surface area contributed by atoms with Crippen molar-refractivity contribution in [2.45, 2.75) is 13.5 Å². The van der Waals surface area contributed by atoms with Crippen molar-refractivity contribution in [1.29, 1.82) is 0 Å². The van der Waals surface area contributed by atoms with Crippen LogP contribution in [-0.4, -0.2) is 37.7 Å². The Kier molecular flexibility index (Phi) is 5.51. The first-order valence-electron chi connectivity index (χ1n) is 8.27. The van der Waals surface area contributed by atoms with Crippen LogP contribution in [0.3, 0.4) is 0 Å². The highest BCUT2D eigenvalue weighted by molar-refractivity contribution is 5.42. The number of benzene rings is 2. The zero-order chi connectivity index (χ0) is 15.9. The van der Waals surface area contributed by atoms with E-state index in [0.717, 1.165) is 50.0 Å². The molecule has 4 nitrogen and oxygen atoms in total. The van der Waals surface area contributed by atoms with E-state index >= 15 is 0 Å². The molecular weight excluding hydrogens is 288 g/mol. The molecule has 0 saturated carbocycles. The van der Waals surface area contributed by atoms with Crippen LogP contribution < -0.4 is 14.8 Å². The number of rotatable bonds is 6. The van der Waals surface area contributed by atoms with Crippen molar-refractivity contribution in [3.8, 4) is 17.2 Å². The van der Waals surface area contributed by atoms with Gasteiger partial charge < -0.3 is 14.8 Å². The molecule has 1 N–H and O–H groups in total. The van der Waals surface area contributed by atoms with Crippen molar-refractivity contribution in [2.24, 2.45) is 0 Å². The van der Waals surface area contributed by atoms with E-state index in [1.807, 2.05) is 49.4 Å². The first-order chi connectivity index (χ1) is 11.3. The zero-order valence-corrected chi connectivity index (χ0v) is 13.6. The fourth-order valence-electron chi connectivity index (χ4n) is 2.77.